The third kappa shape index (κ3) is 3.27. The standard InChI is InChI=1S/C13H17N3S/c1-3-10-8-12(14-4-2)16-13(15-10)9-11-6-5-7-17-11/h5-8H,3-4,9H2,1-2H3,(H,14,15,16). The fourth-order valence-corrected chi connectivity index (χ4v) is 2.35. The molecular formula is C13H17N3S. The molecule has 0 aliphatic carbocycles. The van der Waals surface area contributed by atoms with Crippen LogP contribution in [0.1, 0.15) is 30.2 Å². The van der Waals surface area contributed by atoms with Crippen LogP contribution in [0.15, 0.2) is 23.6 Å². The number of anilines is 1. The molecule has 0 unspecified atom stereocenters. The van der Waals surface area contributed by atoms with Gasteiger partial charge in [0.2, 0.25) is 0 Å². The maximum Gasteiger partial charge on any atom is 0.136 e. The van der Waals surface area contributed by atoms with E-state index >= 15 is 0 Å². The van der Waals surface area contributed by atoms with Gasteiger partial charge in [0, 0.05) is 29.6 Å². The van der Waals surface area contributed by atoms with Gasteiger partial charge in [-0.3, -0.25) is 0 Å². The van der Waals surface area contributed by atoms with Crippen LogP contribution in [0.3, 0.4) is 0 Å². The van der Waals surface area contributed by atoms with Crippen molar-refractivity contribution in [1.29, 1.82) is 0 Å². The molecule has 0 saturated carbocycles. The maximum absolute atomic E-state index is 4.56. The summed E-state index contributed by atoms with van der Waals surface area (Å²) in [6, 6.07) is 6.22. The van der Waals surface area contributed by atoms with Crippen molar-refractivity contribution >= 4 is 17.2 Å². The molecule has 90 valence electrons. The highest BCUT2D eigenvalue weighted by Crippen LogP contribution is 2.15. The van der Waals surface area contributed by atoms with Gasteiger partial charge in [0.25, 0.3) is 0 Å². The molecule has 0 amide bonds. The third-order valence-electron chi connectivity index (χ3n) is 2.46. The second-order valence-corrected chi connectivity index (χ2v) is 4.83. The predicted octanol–water partition coefficient (Wildman–Crippen LogP) is 3.12. The Hall–Kier alpha value is -1.42. The van der Waals surface area contributed by atoms with E-state index in [0.29, 0.717) is 0 Å². The fourth-order valence-electron chi connectivity index (χ4n) is 1.65. The van der Waals surface area contributed by atoms with Gasteiger partial charge in [0.1, 0.15) is 11.6 Å². The summed E-state index contributed by atoms with van der Waals surface area (Å²) in [4.78, 5) is 10.4. The molecule has 0 bridgehead atoms. The van der Waals surface area contributed by atoms with Crippen molar-refractivity contribution in [3.05, 3.63) is 40.0 Å². The highest BCUT2D eigenvalue weighted by molar-refractivity contribution is 7.09. The lowest BCUT2D eigenvalue weighted by atomic mass is 10.2. The zero-order valence-electron chi connectivity index (χ0n) is 10.2. The molecule has 4 heteroatoms. The first-order valence-electron chi connectivity index (χ1n) is 5.95. The van der Waals surface area contributed by atoms with Gasteiger partial charge < -0.3 is 5.32 Å². The van der Waals surface area contributed by atoms with Crippen LogP contribution in [0.5, 0.6) is 0 Å². The molecule has 2 aromatic rings. The average Bonchev–Trinajstić information content (AvgIpc) is 2.82. The number of rotatable bonds is 5. The van der Waals surface area contributed by atoms with Crippen LogP contribution in [-0.4, -0.2) is 16.5 Å². The molecule has 3 nitrogen and oxygen atoms in total. The van der Waals surface area contributed by atoms with Crippen LogP contribution in [0.2, 0.25) is 0 Å². The molecule has 0 fully saturated rings. The van der Waals surface area contributed by atoms with E-state index in [1.807, 2.05) is 6.07 Å². The van der Waals surface area contributed by atoms with Crippen LogP contribution in [0, 0.1) is 0 Å². The number of nitrogens with one attached hydrogen (secondary N) is 1. The average molecular weight is 247 g/mol. The Morgan fingerprint density at radius 1 is 1.29 bits per heavy atom. The third-order valence-corrected chi connectivity index (χ3v) is 3.33. The van der Waals surface area contributed by atoms with Gasteiger partial charge in [-0.15, -0.1) is 11.3 Å². The second kappa shape index (κ2) is 5.77. The molecule has 1 N–H and O–H groups in total. The van der Waals surface area contributed by atoms with Gasteiger partial charge in [-0.05, 0) is 24.8 Å². The van der Waals surface area contributed by atoms with Crippen molar-refractivity contribution in [2.75, 3.05) is 11.9 Å². The summed E-state index contributed by atoms with van der Waals surface area (Å²) in [7, 11) is 0. The zero-order valence-corrected chi connectivity index (χ0v) is 11.0. The summed E-state index contributed by atoms with van der Waals surface area (Å²) in [6.07, 6.45) is 1.77. The van der Waals surface area contributed by atoms with Crippen molar-refractivity contribution in [3.63, 3.8) is 0 Å². The predicted molar refractivity (Wildman–Crippen MR) is 72.7 cm³/mol. The SMILES string of the molecule is CCNc1cc(CC)nc(Cc2cccs2)n1. The zero-order chi connectivity index (χ0) is 12.1. The van der Waals surface area contributed by atoms with E-state index in [1.165, 1.54) is 4.88 Å². The Kier molecular flexibility index (Phi) is 4.09. The van der Waals surface area contributed by atoms with Crippen LogP contribution < -0.4 is 5.32 Å². The van der Waals surface area contributed by atoms with Gasteiger partial charge in [0.15, 0.2) is 0 Å². The molecule has 0 aromatic carbocycles. The Labute approximate surface area is 106 Å². The monoisotopic (exact) mass is 247 g/mol. The largest absolute Gasteiger partial charge is 0.370 e. The molecule has 0 radical (unpaired) electrons. The molecule has 2 heterocycles. The van der Waals surface area contributed by atoms with Crippen LogP contribution >= 0.6 is 11.3 Å². The quantitative estimate of drug-likeness (QED) is 0.882. The summed E-state index contributed by atoms with van der Waals surface area (Å²) < 4.78 is 0. The summed E-state index contributed by atoms with van der Waals surface area (Å²) in [5.41, 5.74) is 1.10. The lowest BCUT2D eigenvalue weighted by Gasteiger charge is -2.07. The fraction of sp³-hybridized carbons (Fsp3) is 0.385. The maximum atomic E-state index is 4.56. The van der Waals surface area contributed by atoms with E-state index in [2.05, 4.69) is 46.6 Å². The van der Waals surface area contributed by atoms with E-state index in [0.717, 1.165) is 36.7 Å². The number of aromatic nitrogens is 2. The normalized spacial score (nSPS) is 10.5. The van der Waals surface area contributed by atoms with Gasteiger partial charge in [-0.2, -0.15) is 0 Å². The van der Waals surface area contributed by atoms with Gasteiger partial charge in [0.05, 0.1) is 0 Å². The first-order valence-corrected chi connectivity index (χ1v) is 6.83. The number of thiophene rings is 1. The summed E-state index contributed by atoms with van der Waals surface area (Å²) in [6.45, 7) is 5.08. The lowest BCUT2D eigenvalue weighted by Crippen LogP contribution is -2.06. The molecular weight excluding hydrogens is 230 g/mol. The Morgan fingerprint density at radius 2 is 2.18 bits per heavy atom. The molecule has 0 saturated heterocycles. The topological polar surface area (TPSA) is 37.8 Å². The molecule has 0 aliphatic rings. The van der Waals surface area contributed by atoms with E-state index < -0.39 is 0 Å². The number of nitrogens with zero attached hydrogens (tertiary/aromatic N) is 2. The number of hydrogen-bond acceptors (Lipinski definition) is 4. The molecule has 0 spiro atoms. The van der Waals surface area contributed by atoms with Crippen molar-refractivity contribution in [2.24, 2.45) is 0 Å². The molecule has 2 aromatic heterocycles. The van der Waals surface area contributed by atoms with E-state index in [-0.39, 0.29) is 0 Å². The van der Waals surface area contributed by atoms with E-state index in [9.17, 15) is 0 Å². The Bertz CT molecular complexity index is 466. The second-order valence-electron chi connectivity index (χ2n) is 3.80. The van der Waals surface area contributed by atoms with Crippen molar-refractivity contribution in [2.45, 2.75) is 26.7 Å². The van der Waals surface area contributed by atoms with Crippen LogP contribution in [-0.2, 0) is 12.8 Å². The number of hydrogen-bond donors (Lipinski definition) is 1. The summed E-state index contributed by atoms with van der Waals surface area (Å²) in [5, 5.41) is 5.34. The minimum Gasteiger partial charge on any atom is -0.370 e. The van der Waals surface area contributed by atoms with Gasteiger partial charge in [-0.1, -0.05) is 13.0 Å². The van der Waals surface area contributed by atoms with Crippen LogP contribution in [0.4, 0.5) is 5.82 Å². The van der Waals surface area contributed by atoms with Gasteiger partial charge >= 0.3 is 0 Å². The van der Waals surface area contributed by atoms with Gasteiger partial charge in [-0.25, -0.2) is 9.97 Å². The highest BCUT2D eigenvalue weighted by Gasteiger charge is 2.05. The smallest absolute Gasteiger partial charge is 0.136 e. The first-order chi connectivity index (χ1) is 8.31. The van der Waals surface area contributed by atoms with Crippen molar-refractivity contribution < 1.29 is 0 Å². The van der Waals surface area contributed by atoms with Crippen molar-refractivity contribution in [1.82, 2.24) is 9.97 Å². The molecule has 17 heavy (non-hydrogen) atoms. The van der Waals surface area contributed by atoms with E-state index in [4.69, 9.17) is 0 Å². The minimum atomic E-state index is 0.823. The lowest BCUT2D eigenvalue weighted by molar-refractivity contribution is 0.910. The van der Waals surface area contributed by atoms with E-state index in [1.54, 1.807) is 11.3 Å². The highest BCUT2D eigenvalue weighted by atomic mass is 32.1. The Morgan fingerprint density at radius 3 is 2.82 bits per heavy atom. The molecule has 2 rings (SSSR count). The molecule has 0 aliphatic heterocycles. The first kappa shape index (κ1) is 12.0. The van der Waals surface area contributed by atoms with Crippen molar-refractivity contribution in [3.8, 4) is 0 Å². The molecule has 0 atom stereocenters. The summed E-state index contributed by atoms with van der Waals surface area (Å²) in [5.74, 6) is 1.84. The van der Waals surface area contributed by atoms with Crippen LogP contribution in [0.25, 0.3) is 0 Å². The summed E-state index contributed by atoms with van der Waals surface area (Å²) >= 11 is 1.75. The Balaban J connectivity index is 2.23. The minimum absolute atomic E-state index is 0.823. The number of aryl methyl sites for hydroxylation is 1.